The molecule has 26 heavy (non-hydrogen) atoms. The van der Waals surface area contributed by atoms with Crippen molar-refractivity contribution in [2.75, 3.05) is 5.32 Å². The molecule has 0 saturated carbocycles. The van der Waals surface area contributed by atoms with E-state index in [1.54, 1.807) is 36.5 Å². The van der Waals surface area contributed by atoms with E-state index in [0.717, 1.165) is 11.1 Å². The summed E-state index contributed by atoms with van der Waals surface area (Å²) in [5, 5.41) is 3.52. The molecule has 0 unspecified atom stereocenters. The molecule has 4 nitrogen and oxygen atoms in total. The monoisotopic (exact) mass is 386 g/mol. The normalized spacial score (nSPS) is 10.4. The number of amides is 1. The number of ether oxygens (including phenoxy) is 1. The number of aromatic nitrogens is 1. The van der Waals surface area contributed by atoms with Gasteiger partial charge in [0, 0.05) is 21.8 Å². The van der Waals surface area contributed by atoms with Crippen LogP contribution in [0.4, 0.5) is 5.82 Å². The van der Waals surface area contributed by atoms with Gasteiger partial charge in [0.05, 0.1) is 0 Å². The van der Waals surface area contributed by atoms with E-state index in [1.807, 2.05) is 31.2 Å². The molecule has 0 aliphatic rings. The molecule has 3 aromatic rings. The lowest BCUT2D eigenvalue weighted by Crippen LogP contribution is -2.14. The third kappa shape index (κ3) is 4.54. The molecule has 0 atom stereocenters. The summed E-state index contributed by atoms with van der Waals surface area (Å²) in [6.45, 7) is 2.40. The van der Waals surface area contributed by atoms with Crippen molar-refractivity contribution in [2.24, 2.45) is 0 Å². The Morgan fingerprint density at radius 1 is 1.08 bits per heavy atom. The lowest BCUT2D eigenvalue weighted by atomic mass is 10.1. The summed E-state index contributed by atoms with van der Waals surface area (Å²) in [6.07, 6.45) is 1.58. The SMILES string of the molecule is Cc1ccccc1COc1cccnc1NC(=O)c1cc(Cl)cc(Cl)c1. The maximum absolute atomic E-state index is 12.5. The zero-order valence-corrected chi connectivity index (χ0v) is 15.5. The third-order valence-corrected chi connectivity index (χ3v) is 4.21. The van der Waals surface area contributed by atoms with Crippen molar-refractivity contribution < 1.29 is 9.53 Å². The second-order valence-electron chi connectivity index (χ2n) is 5.68. The summed E-state index contributed by atoms with van der Waals surface area (Å²) < 4.78 is 5.86. The molecule has 1 aromatic heterocycles. The van der Waals surface area contributed by atoms with Crippen LogP contribution in [0.3, 0.4) is 0 Å². The molecular formula is C20H16Cl2N2O2. The molecule has 3 rings (SSSR count). The van der Waals surface area contributed by atoms with Crippen molar-refractivity contribution >= 4 is 34.9 Å². The Morgan fingerprint density at radius 3 is 2.54 bits per heavy atom. The molecule has 0 bridgehead atoms. The fraction of sp³-hybridized carbons (Fsp3) is 0.100. The first kappa shape index (κ1) is 18.2. The van der Waals surface area contributed by atoms with Gasteiger partial charge in [-0.3, -0.25) is 4.79 Å². The predicted molar refractivity (Wildman–Crippen MR) is 104 cm³/mol. The number of anilines is 1. The molecule has 0 aliphatic carbocycles. The highest BCUT2D eigenvalue weighted by atomic mass is 35.5. The molecule has 2 aromatic carbocycles. The topological polar surface area (TPSA) is 51.2 Å². The van der Waals surface area contributed by atoms with Gasteiger partial charge in [-0.2, -0.15) is 0 Å². The number of pyridine rings is 1. The van der Waals surface area contributed by atoms with Gasteiger partial charge < -0.3 is 10.1 Å². The molecule has 0 radical (unpaired) electrons. The Labute approximate surface area is 161 Å². The molecule has 0 fully saturated rings. The van der Waals surface area contributed by atoms with Crippen LogP contribution >= 0.6 is 23.2 Å². The lowest BCUT2D eigenvalue weighted by Gasteiger charge is -2.13. The summed E-state index contributed by atoms with van der Waals surface area (Å²) in [5.74, 6) is 0.452. The molecule has 1 N–H and O–H groups in total. The highest BCUT2D eigenvalue weighted by Crippen LogP contribution is 2.25. The summed E-state index contributed by atoms with van der Waals surface area (Å²) >= 11 is 11.9. The van der Waals surface area contributed by atoms with E-state index in [1.165, 1.54) is 0 Å². The van der Waals surface area contributed by atoms with Gasteiger partial charge in [-0.1, -0.05) is 47.5 Å². The number of nitrogens with one attached hydrogen (secondary N) is 1. The van der Waals surface area contributed by atoms with Crippen LogP contribution in [0.5, 0.6) is 5.75 Å². The number of halogens is 2. The summed E-state index contributed by atoms with van der Waals surface area (Å²) in [5.41, 5.74) is 2.55. The summed E-state index contributed by atoms with van der Waals surface area (Å²) in [6, 6.07) is 16.1. The van der Waals surface area contributed by atoms with E-state index in [-0.39, 0.29) is 5.91 Å². The largest absolute Gasteiger partial charge is 0.485 e. The Morgan fingerprint density at radius 2 is 1.81 bits per heavy atom. The van der Waals surface area contributed by atoms with Crippen LogP contribution in [0.25, 0.3) is 0 Å². The van der Waals surface area contributed by atoms with Gasteiger partial charge in [0.2, 0.25) is 0 Å². The van der Waals surface area contributed by atoms with Gasteiger partial charge in [-0.15, -0.1) is 0 Å². The van der Waals surface area contributed by atoms with Crippen LogP contribution in [0.15, 0.2) is 60.8 Å². The second kappa shape index (κ2) is 8.21. The summed E-state index contributed by atoms with van der Waals surface area (Å²) in [4.78, 5) is 16.7. The highest BCUT2D eigenvalue weighted by Gasteiger charge is 2.13. The number of hydrogen-bond donors (Lipinski definition) is 1. The quantitative estimate of drug-likeness (QED) is 0.627. The van der Waals surface area contributed by atoms with Gasteiger partial charge in [0.25, 0.3) is 5.91 Å². The van der Waals surface area contributed by atoms with Gasteiger partial charge >= 0.3 is 0 Å². The van der Waals surface area contributed by atoms with Crippen molar-refractivity contribution in [2.45, 2.75) is 13.5 Å². The molecule has 1 amide bonds. The second-order valence-corrected chi connectivity index (χ2v) is 6.55. The van der Waals surface area contributed by atoms with Gasteiger partial charge in [-0.05, 0) is 48.4 Å². The van der Waals surface area contributed by atoms with Crippen LogP contribution < -0.4 is 10.1 Å². The standard InChI is InChI=1S/C20H16Cl2N2O2/c1-13-5-2-3-6-14(13)12-26-18-7-4-8-23-19(18)24-20(25)15-9-16(21)11-17(22)10-15/h2-11H,12H2,1H3,(H,23,24,25). The molecular weight excluding hydrogens is 371 g/mol. The first-order chi connectivity index (χ1) is 12.5. The van der Waals surface area contributed by atoms with E-state index in [2.05, 4.69) is 10.3 Å². The van der Waals surface area contributed by atoms with Crippen LogP contribution in [0.1, 0.15) is 21.5 Å². The number of rotatable bonds is 5. The molecule has 0 spiro atoms. The van der Waals surface area contributed by atoms with E-state index in [0.29, 0.717) is 33.8 Å². The fourth-order valence-corrected chi connectivity index (χ4v) is 2.92. The maximum Gasteiger partial charge on any atom is 0.257 e. The number of hydrogen-bond acceptors (Lipinski definition) is 3. The molecule has 132 valence electrons. The smallest absolute Gasteiger partial charge is 0.257 e. The van der Waals surface area contributed by atoms with Gasteiger partial charge in [-0.25, -0.2) is 4.98 Å². The Kier molecular flexibility index (Phi) is 5.76. The van der Waals surface area contributed by atoms with Crippen LogP contribution in [0, 0.1) is 6.92 Å². The highest BCUT2D eigenvalue weighted by molar-refractivity contribution is 6.35. The van der Waals surface area contributed by atoms with Gasteiger partial charge in [0.15, 0.2) is 11.6 Å². The fourth-order valence-electron chi connectivity index (χ4n) is 2.39. The number of benzene rings is 2. The lowest BCUT2D eigenvalue weighted by molar-refractivity contribution is 0.102. The van der Waals surface area contributed by atoms with Crippen molar-refractivity contribution in [3.05, 3.63) is 87.5 Å². The third-order valence-electron chi connectivity index (χ3n) is 3.77. The minimum Gasteiger partial charge on any atom is -0.485 e. The van der Waals surface area contributed by atoms with Crippen LogP contribution in [0.2, 0.25) is 10.0 Å². The number of aryl methyl sites for hydroxylation is 1. The first-order valence-corrected chi connectivity index (χ1v) is 8.68. The van der Waals surface area contributed by atoms with E-state index in [9.17, 15) is 4.79 Å². The van der Waals surface area contributed by atoms with E-state index < -0.39 is 0 Å². The maximum atomic E-state index is 12.5. The van der Waals surface area contributed by atoms with E-state index >= 15 is 0 Å². The predicted octanol–water partition coefficient (Wildman–Crippen LogP) is 5.53. The summed E-state index contributed by atoms with van der Waals surface area (Å²) in [7, 11) is 0. The Bertz CT molecular complexity index is 924. The number of carbonyl (C=O) groups is 1. The average molecular weight is 387 g/mol. The molecule has 1 heterocycles. The molecule has 0 saturated heterocycles. The van der Waals surface area contributed by atoms with Gasteiger partial charge in [0.1, 0.15) is 6.61 Å². The number of nitrogens with zero attached hydrogens (tertiary/aromatic N) is 1. The average Bonchev–Trinajstić information content (AvgIpc) is 2.61. The molecule has 0 aliphatic heterocycles. The zero-order chi connectivity index (χ0) is 18.5. The minimum atomic E-state index is -0.367. The van der Waals surface area contributed by atoms with Crippen molar-refractivity contribution in [1.82, 2.24) is 4.98 Å². The Hall–Kier alpha value is -2.56. The van der Waals surface area contributed by atoms with Crippen molar-refractivity contribution in [3.8, 4) is 5.75 Å². The van der Waals surface area contributed by atoms with Crippen LogP contribution in [-0.2, 0) is 6.61 Å². The zero-order valence-electron chi connectivity index (χ0n) is 14.0. The number of carbonyl (C=O) groups excluding carboxylic acids is 1. The van der Waals surface area contributed by atoms with E-state index in [4.69, 9.17) is 27.9 Å². The first-order valence-electron chi connectivity index (χ1n) is 7.92. The minimum absolute atomic E-state index is 0.335. The molecule has 6 heteroatoms. The Balaban J connectivity index is 1.76. The van der Waals surface area contributed by atoms with Crippen molar-refractivity contribution in [1.29, 1.82) is 0 Å². The van der Waals surface area contributed by atoms with Crippen molar-refractivity contribution in [3.63, 3.8) is 0 Å². The van der Waals surface area contributed by atoms with Crippen LogP contribution in [-0.4, -0.2) is 10.9 Å².